The first-order valence-electron chi connectivity index (χ1n) is 22.8. The maximum absolute atomic E-state index is 12.6. The number of carbonyl (C=O) groups is 1. The van der Waals surface area contributed by atoms with E-state index in [0.717, 1.165) is 70.6 Å². The van der Waals surface area contributed by atoms with Crippen molar-refractivity contribution in [2.45, 2.75) is 200 Å². The molecule has 0 aliphatic rings. The van der Waals surface area contributed by atoms with Crippen LogP contribution in [0.1, 0.15) is 194 Å². The molecule has 3 N–H and O–H groups in total. The number of hydrogen-bond acceptors (Lipinski definition) is 7. The number of phosphoric acid groups is 1. The van der Waals surface area contributed by atoms with Gasteiger partial charge in [0.1, 0.15) is 6.10 Å². The first-order valence-corrected chi connectivity index (χ1v) is 24.3. The highest BCUT2D eigenvalue weighted by Gasteiger charge is 2.25. The van der Waals surface area contributed by atoms with Gasteiger partial charge < -0.3 is 20.1 Å². The maximum Gasteiger partial charge on any atom is 0.472 e. The fraction of sp³-hybridized carbons (Fsp3) is 0.766. The highest BCUT2D eigenvalue weighted by molar-refractivity contribution is 7.47. The minimum absolute atomic E-state index is 0.0954. The number of esters is 1. The molecule has 0 aromatic heterocycles. The number of unbranched alkanes of at least 4 members (excludes halogenated alkanes) is 20. The summed E-state index contributed by atoms with van der Waals surface area (Å²) >= 11 is 0. The van der Waals surface area contributed by atoms with Gasteiger partial charge in [0.05, 0.1) is 19.8 Å². The van der Waals surface area contributed by atoms with Crippen molar-refractivity contribution in [1.29, 1.82) is 0 Å². The van der Waals surface area contributed by atoms with E-state index in [4.69, 9.17) is 24.3 Å². The Morgan fingerprint density at radius 1 is 0.554 bits per heavy atom. The van der Waals surface area contributed by atoms with Crippen molar-refractivity contribution in [1.82, 2.24) is 0 Å². The van der Waals surface area contributed by atoms with Crippen molar-refractivity contribution >= 4 is 13.8 Å². The lowest BCUT2D eigenvalue weighted by atomic mass is 10.1. The lowest BCUT2D eigenvalue weighted by Crippen LogP contribution is -2.28. The number of phosphoric ester groups is 1. The molecule has 8 nitrogen and oxygen atoms in total. The predicted molar refractivity (Wildman–Crippen MR) is 238 cm³/mol. The molecule has 0 bridgehead atoms. The van der Waals surface area contributed by atoms with Crippen LogP contribution in [0.25, 0.3) is 0 Å². The zero-order chi connectivity index (χ0) is 40.9. The van der Waals surface area contributed by atoms with Crippen molar-refractivity contribution in [3.63, 3.8) is 0 Å². The van der Waals surface area contributed by atoms with E-state index in [0.29, 0.717) is 13.0 Å². The van der Waals surface area contributed by atoms with Crippen LogP contribution in [0, 0.1) is 0 Å². The molecule has 0 saturated heterocycles. The normalized spacial score (nSPS) is 14.0. The Labute approximate surface area is 344 Å². The fourth-order valence-electron chi connectivity index (χ4n) is 6.10. The summed E-state index contributed by atoms with van der Waals surface area (Å²) < 4.78 is 33.5. The van der Waals surface area contributed by atoms with E-state index in [-0.39, 0.29) is 32.3 Å². The van der Waals surface area contributed by atoms with Crippen LogP contribution in [-0.4, -0.2) is 49.9 Å². The number of carbonyl (C=O) groups excluding carboxylic acids is 1. The van der Waals surface area contributed by atoms with E-state index >= 15 is 0 Å². The van der Waals surface area contributed by atoms with Crippen molar-refractivity contribution in [2.24, 2.45) is 5.73 Å². The molecule has 0 aliphatic heterocycles. The summed E-state index contributed by atoms with van der Waals surface area (Å²) in [7, 11) is -4.28. The molecule has 326 valence electrons. The molecule has 0 aromatic carbocycles. The zero-order valence-electron chi connectivity index (χ0n) is 36.1. The number of nitrogens with two attached hydrogens (primary N) is 1. The van der Waals surface area contributed by atoms with Crippen LogP contribution >= 0.6 is 7.82 Å². The van der Waals surface area contributed by atoms with E-state index < -0.39 is 13.9 Å². The molecule has 0 amide bonds. The lowest BCUT2D eigenvalue weighted by Gasteiger charge is -2.20. The SMILES string of the molecule is CC/C=C\C/C=C\C/C=C\C/C=C\CCCCCCCCCOCC(COP(=O)(O)OCCN)OC(=O)CCCCCCCCC/C=C\CCCCCCCC. The average Bonchev–Trinajstić information content (AvgIpc) is 3.19. The van der Waals surface area contributed by atoms with Crippen LogP contribution in [0.5, 0.6) is 0 Å². The minimum Gasteiger partial charge on any atom is -0.457 e. The molecule has 0 rings (SSSR count). The molecule has 2 atom stereocenters. The van der Waals surface area contributed by atoms with Crippen molar-refractivity contribution in [3.05, 3.63) is 60.8 Å². The van der Waals surface area contributed by atoms with Gasteiger partial charge in [-0.1, -0.05) is 171 Å². The van der Waals surface area contributed by atoms with E-state index in [1.165, 1.54) is 103 Å². The summed E-state index contributed by atoms with van der Waals surface area (Å²) in [5, 5.41) is 0. The summed E-state index contributed by atoms with van der Waals surface area (Å²) in [5.74, 6) is -0.340. The second-order valence-electron chi connectivity index (χ2n) is 14.9. The molecule has 0 spiro atoms. The molecule has 2 unspecified atom stereocenters. The van der Waals surface area contributed by atoms with Gasteiger partial charge in [-0.25, -0.2) is 4.57 Å². The topological polar surface area (TPSA) is 117 Å². The van der Waals surface area contributed by atoms with E-state index in [1.54, 1.807) is 0 Å². The van der Waals surface area contributed by atoms with Crippen molar-refractivity contribution in [2.75, 3.05) is 33.0 Å². The molecular formula is C47H86NO7P. The summed E-state index contributed by atoms with van der Waals surface area (Å²) in [6.07, 6.45) is 53.8. The van der Waals surface area contributed by atoms with Gasteiger partial charge in [-0.3, -0.25) is 13.8 Å². The standard InChI is InChI=1S/C47H86NO7P/c1-3-5-7-9-11-13-15-17-19-21-22-23-25-27-29-31-33-35-37-39-42-52-44-46(45-54-56(50,51)53-43-41-48)55-47(49)40-38-36-34-32-30-28-26-24-20-18-16-14-12-10-8-6-4-2/h5,7,11,13,17-20,22-23,46H,3-4,6,8-10,12,14-16,21,24-45,48H2,1-2H3,(H,50,51)/b7-5-,13-11-,19-17-,20-18-,23-22-. The van der Waals surface area contributed by atoms with Crippen LogP contribution < -0.4 is 5.73 Å². The van der Waals surface area contributed by atoms with Gasteiger partial charge >= 0.3 is 13.8 Å². The van der Waals surface area contributed by atoms with Crippen LogP contribution in [0.2, 0.25) is 0 Å². The number of ether oxygens (including phenoxy) is 2. The second-order valence-corrected chi connectivity index (χ2v) is 16.3. The van der Waals surface area contributed by atoms with E-state index in [1.807, 2.05) is 0 Å². The largest absolute Gasteiger partial charge is 0.472 e. The average molecular weight is 808 g/mol. The second kappa shape index (κ2) is 44.3. The quantitative estimate of drug-likeness (QED) is 0.0271. The molecular weight excluding hydrogens is 721 g/mol. The number of rotatable bonds is 43. The lowest BCUT2D eigenvalue weighted by molar-refractivity contribution is -0.154. The molecule has 0 saturated carbocycles. The van der Waals surface area contributed by atoms with Crippen LogP contribution in [0.15, 0.2) is 60.8 Å². The molecule has 0 aromatic rings. The van der Waals surface area contributed by atoms with Gasteiger partial charge in [0, 0.05) is 19.6 Å². The molecule has 0 aliphatic carbocycles. The summed E-state index contributed by atoms with van der Waals surface area (Å²) in [4.78, 5) is 22.5. The number of hydrogen-bond donors (Lipinski definition) is 2. The molecule has 0 radical (unpaired) electrons. The third-order valence-electron chi connectivity index (χ3n) is 9.42. The Hall–Kier alpha value is -1.80. The Bertz CT molecular complexity index is 1040. The minimum atomic E-state index is -4.28. The molecule has 56 heavy (non-hydrogen) atoms. The third kappa shape index (κ3) is 43.3. The van der Waals surface area contributed by atoms with Crippen LogP contribution in [-0.2, 0) is 27.9 Å². The van der Waals surface area contributed by atoms with Crippen molar-refractivity contribution in [3.8, 4) is 0 Å². The molecule has 9 heteroatoms. The number of allylic oxidation sites excluding steroid dienone is 10. The zero-order valence-corrected chi connectivity index (χ0v) is 37.0. The Kier molecular flexibility index (Phi) is 42.9. The van der Waals surface area contributed by atoms with Crippen molar-refractivity contribution < 1.29 is 32.8 Å². The van der Waals surface area contributed by atoms with Gasteiger partial charge in [0.25, 0.3) is 0 Å². The first kappa shape index (κ1) is 54.2. The smallest absolute Gasteiger partial charge is 0.457 e. The maximum atomic E-state index is 12.6. The van der Waals surface area contributed by atoms with Gasteiger partial charge in [0.15, 0.2) is 0 Å². The summed E-state index contributed by atoms with van der Waals surface area (Å²) in [5.41, 5.74) is 5.37. The van der Waals surface area contributed by atoms with E-state index in [2.05, 4.69) is 74.6 Å². The summed E-state index contributed by atoms with van der Waals surface area (Å²) in [6, 6.07) is 0. The Balaban J connectivity index is 4.04. The van der Waals surface area contributed by atoms with Crippen LogP contribution in [0.3, 0.4) is 0 Å². The predicted octanol–water partition coefficient (Wildman–Crippen LogP) is 13.8. The Morgan fingerprint density at radius 3 is 1.52 bits per heavy atom. The monoisotopic (exact) mass is 808 g/mol. The summed E-state index contributed by atoms with van der Waals surface area (Å²) in [6.45, 7) is 4.78. The Morgan fingerprint density at radius 2 is 1.00 bits per heavy atom. The third-order valence-corrected chi connectivity index (χ3v) is 10.4. The molecule has 0 heterocycles. The van der Waals surface area contributed by atoms with Gasteiger partial charge in [-0.05, 0) is 77.0 Å². The van der Waals surface area contributed by atoms with Crippen LogP contribution in [0.4, 0.5) is 0 Å². The first-order chi connectivity index (χ1) is 27.4. The van der Waals surface area contributed by atoms with Gasteiger partial charge in [-0.2, -0.15) is 0 Å². The fourth-order valence-corrected chi connectivity index (χ4v) is 6.87. The van der Waals surface area contributed by atoms with Gasteiger partial charge in [-0.15, -0.1) is 0 Å². The molecule has 0 fully saturated rings. The highest BCUT2D eigenvalue weighted by atomic mass is 31.2. The van der Waals surface area contributed by atoms with E-state index in [9.17, 15) is 14.3 Å². The van der Waals surface area contributed by atoms with Gasteiger partial charge in [0.2, 0.25) is 0 Å². The highest BCUT2D eigenvalue weighted by Crippen LogP contribution is 2.43.